The van der Waals surface area contributed by atoms with Crippen LogP contribution in [0.1, 0.15) is 12.8 Å². The predicted molar refractivity (Wildman–Crippen MR) is 66.3 cm³/mol. The molecule has 0 aromatic heterocycles. The van der Waals surface area contributed by atoms with E-state index in [9.17, 15) is 0 Å². The molecule has 0 unspecified atom stereocenters. The summed E-state index contributed by atoms with van der Waals surface area (Å²) in [4.78, 5) is 0. The van der Waals surface area contributed by atoms with E-state index in [1.54, 1.807) is 14.2 Å². The maximum atomic E-state index is 5.44. The van der Waals surface area contributed by atoms with Crippen LogP contribution in [0.3, 0.4) is 0 Å². The largest absolute Gasteiger partial charge is 0.497 e. The number of methoxy groups -OCH3 is 2. The van der Waals surface area contributed by atoms with Crippen LogP contribution in [-0.2, 0) is 0 Å². The van der Waals surface area contributed by atoms with Crippen molar-refractivity contribution in [3.05, 3.63) is 18.2 Å². The second kappa shape index (κ2) is 6.95. The first-order chi connectivity index (χ1) is 7.81. The number of benzene rings is 1. The van der Waals surface area contributed by atoms with Crippen molar-refractivity contribution in [2.75, 3.05) is 32.6 Å². The molecule has 0 saturated heterocycles. The highest BCUT2D eigenvalue weighted by molar-refractivity contribution is 5.59. The Morgan fingerprint density at radius 3 is 2.62 bits per heavy atom. The van der Waals surface area contributed by atoms with Gasteiger partial charge in [-0.2, -0.15) is 0 Å². The van der Waals surface area contributed by atoms with Gasteiger partial charge in [-0.15, -0.1) is 0 Å². The first kappa shape index (κ1) is 12.6. The van der Waals surface area contributed by atoms with Crippen molar-refractivity contribution in [1.29, 1.82) is 0 Å². The van der Waals surface area contributed by atoms with Gasteiger partial charge in [0.1, 0.15) is 11.5 Å². The van der Waals surface area contributed by atoms with E-state index >= 15 is 0 Å². The number of anilines is 1. The molecule has 0 radical (unpaired) electrons. The molecular formula is C12H20N2O2. The lowest BCUT2D eigenvalue weighted by atomic mass is 10.2. The van der Waals surface area contributed by atoms with Crippen LogP contribution in [0.25, 0.3) is 0 Å². The van der Waals surface area contributed by atoms with Gasteiger partial charge in [0, 0.05) is 12.6 Å². The van der Waals surface area contributed by atoms with Gasteiger partial charge in [-0.05, 0) is 31.5 Å². The monoisotopic (exact) mass is 224 g/mol. The minimum atomic E-state index is 0.733. The third-order valence-electron chi connectivity index (χ3n) is 2.35. The van der Waals surface area contributed by atoms with Gasteiger partial charge in [0.15, 0.2) is 0 Å². The van der Waals surface area contributed by atoms with Gasteiger partial charge in [0.25, 0.3) is 0 Å². The second-order valence-electron chi connectivity index (χ2n) is 3.49. The molecule has 0 heterocycles. The second-order valence-corrected chi connectivity index (χ2v) is 3.49. The number of hydrogen-bond acceptors (Lipinski definition) is 4. The Morgan fingerprint density at radius 1 is 1.19 bits per heavy atom. The molecule has 0 aliphatic rings. The third-order valence-corrected chi connectivity index (χ3v) is 2.35. The highest BCUT2D eigenvalue weighted by Gasteiger charge is 2.03. The van der Waals surface area contributed by atoms with Crippen LogP contribution in [0, 0.1) is 0 Å². The van der Waals surface area contributed by atoms with Crippen molar-refractivity contribution in [2.24, 2.45) is 5.73 Å². The fourth-order valence-corrected chi connectivity index (χ4v) is 1.44. The summed E-state index contributed by atoms with van der Waals surface area (Å²) >= 11 is 0. The van der Waals surface area contributed by atoms with Gasteiger partial charge < -0.3 is 20.5 Å². The molecule has 0 spiro atoms. The molecule has 0 aliphatic heterocycles. The zero-order chi connectivity index (χ0) is 11.8. The lowest BCUT2D eigenvalue weighted by Crippen LogP contribution is -2.06. The first-order valence-corrected chi connectivity index (χ1v) is 5.47. The summed E-state index contributed by atoms with van der Waals surface area (Å²) in [7, 11) is 3.31. The molecule has 0 atom stereocenters. The van der Waals surface area contributed by atoms with E-state index in [2.05, 4.69) is 5.32 Å². The van der Waals surface area contributed by atoms with E-state index in [1.165, 1.54) is 0 Å². The molecule has 1 rings (SSSR count). The highest BCUT2D eigenvalue weighted by atomic mass is 16.5. The Labute approximate surface area is 96.7 Å². The average Bonchev–Trinajstić information content (AvgIpc) is 2.34. The third kappa shape index (κ3) is 3.62. The molecule has 4 nitrogen and oxygen atoms in total. The molecule has 0 aliphatic carbocycles. The van der Waals surface area contributed by atoms with E-state index in [4.69, 9.17) is 15.2 Å². The van der Waals surface area contributed by atoms with Crippen LogP contribution in [0.15, 0.2) is 18.2 Å². The van der Waals surface area contributed by atoms with Gasteiger partial charge >= 0.3 is 0 Å². The summed E-state index contributed by atoms with van der Waals surface area (Å²) in [5.41, 5.74) is 6.39. The van der Waals surface area contributed by atoms with Gasteiger partial charge in [-0.1, -0.05) is 0 Å². The molecular weight excluding hydrogens is 204 g/mol. The van der Waals surface area contributed by atoms with Crippen molar-refractivity contribution in [3.63, 3.8) is 0 Å². The minimum Gasteiger partial charge on any atom is -0.497 e. The molecule has 4 heteroatoms. The summed E-state index contributed by atoms with van der Waals surface area (Å²) in [6.45, 7) is 1.62. The van der Waals surface area contributed by atoms with Gasteiger partial charge in [0.2, 0.25) is 0 Å². The van der Waals surface area contributed by atoms with Gasteiger partial charge in [-0.25, -0.2) is 0 Å². The van der Waals surface area contributed by atoms with E-state index in [0.29, 0.717) is 0 Å². The number of rotatable bonds is 7. The smallest absolute Gasteiger partial charge is 0.142 e. The number of hydrogen-bond donors (Lipinski definition) is 2. The fraction of sp³-hybridized carbons (Fsp3) is 0.500. The normalized spacial score (nSPS) is 9.94. The van der Waals surface area contributed by atoms with Crippen LogP contribution >= 0.6 is 0 Å². The van der Waals surface area contributed by atoms with Crippen LogP contribution in [0.5, 0.6) is 11.5 Å². The molecule has 0 amide bonds. The summed E-state index contributed by atoms with van der Waals surface area (Å²) in [5.74, 6) is 1.65. The van der Waals surface area contributed by atoms with E-state index in [0.717, 1.165) is 43.1 Å². The van der Waals surface area contributed by atoms with E-state index < -0.39 is 0 Å². The topological polar surface area (TPSA) is 56.5 Å². The number of ether oxygens (including phenoxy) is 2. The molecule has 0 fully saturated rings. The lowest BCUT2D eigenvalue weighted by molar-refractivity contribution is 0.404. The molecule has 0 bridgehead atoms. The van der Waals surface area contributed by atoms with Gasteiger partial charge in [0.05, 0.1) is 19.9 Å². The number of nitrogens with one attached hydrogen (secondary N) is 1. The molecule has 0 saturated carbocycles. The zero-order valence-electron chi connectivity index (χ0n) is 9.95. The minimum absolute atomic E-state index is 0.733. The summed E-state index contributed by atoms with van der Waals surface area (Å²) < 4.78 is 10.4. The SMILES string of the molecule is COc1ccc(OC)c(NCCCCN)c1. The van der Waals surface area contributed by atoms with Crippen LogP contribution in [-0.4, -0.2) is 27.3 Å². The van der Waals surface area contributed by atoms with Crippen molar-refractivity contribution in [1.82, 2.24) is 0 Å². The molecule has 16 heavy (non-hydrogen) atoms. The maximum absolute atomic E-state index is 5.44. The molecule has 3 N–H and O–H groups in total. The highest BCUT2D eigenvalue weighted by Crippen LogP contribution is 2.28. The molecule has 1 aromatic rings. The summed E-state index contributed by atoms with van der Waals surface area (Å²) in [6.07, 6.45) is 2.08. The van der Waals surface area contributed by atoms with E-state index in [-0.39, 0.29) is 0 Å². The predicted octanol–water partition coefficient (Wildman–Crippen LogP) is 1.85. The zero-order valence-corrected chi connectivity index (χ0v) is 9.95. The van der Waals surface area contributed by atoms with Crippen LogP contribution < -0.4 is 20.5 Å². The fourth-order valence-electron chi connectivity index (χ4n) is 1.44. The summed E-state index contributed by atoms with van der Waals surface area (Å²) in [6, 6.07) is 5.70. The average molecular weight is 224 g/mol. The Kier molecular flexibility index (Phi) is 5.50. The lowest BCUT2D eigenvalue weighted by Gasteiger charge is -2.12. The maximum Gasteiger partial charge on any atom is 0.142 e. The van der Waals surface area contributed by atoms with Crippen molar-refractivity contribution in [2.45, 2.75) is 12.8 Å². The Morgan fingerprint density at radius 2 is 2.00 bits per heavy atom. The van der Waals surface area contributed by atoms with Crippen LogP contribution in [0.4, 0.5) is 5.69 Å². The van der Waals surface area contributed by atoms with Crippen molar-refractivity contribution < 1.29 is 9.47 Å². The van der Waals surface area contributed by atoms with Crippen molar-refractivity contribution >= 4 is 5.69 Å². The number of unbranched alkanes of at least 4 members (excludes halogenated alkanes) is 1. The first-order valence-electron chi connectivity index (χ1n) is 5.47. The van der Waals surface area contributed by atoms with Crippen molar-refractivity contribution in [3.8, 4) is 11.5 Å². The Bertz CT molecular complexity index is 316. The number of nitrogens with two attached hydrogens (primary N) is 1. The standard InChI is InChI=1S/C12H20N2O2/c1-15-10-5-6-12(16-2)11(9-10)14-8-4-3-7-13/h5-6,9,14H,3-4,7-8,13H2,1-2H3. The molecule has 1 aromatic carbocycles. The summed E-state index contributed by atoms with van der Waals surface area (Å²) in [5, 5.41) is 3.31. The Balaban J connectivity index is 2.60. The molecule has 90 valence electrons. The Hall–Kier alpha value is -1.42. The quantitative estimate of drug-likeness (QED) is 0.694. The van der Waals surface area contributed by atoms with E-state index in [1.807, 2.05) is 18.2 Å². The van der Waals surface area contributed by atoms with Gasteiger partial charge in [-0.3, -0.25) is 0 Å². The van der Waals surface area contributed by atoms with Crippen LogP contribution in [0.2, 0.25) is 0 Å².